The number of halogens is 1. The number of non-ortho nitro benzene ring substituents is 1. The molecule has 0 N–H and O–H groups in total. The maximum atomic E-state index is 12.4. The van der Waals surface area contributed by atoms with Gasteiger partial charge in [0.2, 0.25) is 0 Å². The minimum atomic E-state index is -0.465. The SMILES string of the molecule is CSCCn1c(=NC(=O)/C=C/c2cccc([N+](=O)[O-])c2)sc2cc(Br)ccc21. The van der Waals surface area contributed by atoms with Crippen LogP contribution >= 0.6 is 39.0 Å². The van der Waals surface area contributed by atoms with Gasteiger partial charge in [-0.25, -0.2) is 0 Å². The number of thiazole rings is 1. The second kappa shape index (κ2) is 9.31. The third-order valence-electron chi connectivity index (χ3n) is 3.87. The molecule has 3 aromatic rings. The lowest BCUT2D eigenvalue weighted by molar-refractivity contribution is -0.384. The summed E-state index contributed by atoms with van der Waals surface area (Å²) in [6, 6.07) is 12.1. The smallest absolute Gasteiger partial charge is 0.272 e. The van der Waals surface area contributed by atoms with Gasteiger partial charge < -0.3 is 4.57 Å². The van der Waals surface area contributed by atoms with Gasteiger partial charge in [-0.1, -0.05) is 39.4 Å². The fraction of sp³-hybridized carbons (Fsp3) is 0.158. The molecule has 0 aliphatic heterocycles. The van der Waals surface area contributed by atoms with E-state index < -0.39 is 10.8 Å². The third-order valence-corrected chi connectivity index (χ3v) is 5.99. The maximum absolute atomic E-state index is 12.4. The summed E-state index contributed by atoms with van der Waals surface area (Å²) in [6.07, 6.45) is 4.91. The molecule has 1 aromatic heterocycles. The van der Waals surface area contributed by atoms with E-state index in [-0.39, 0.29) is 5.69 Å². The van der Waals surface area contributed by atoms with Gasteiger partial charge in [-0.2, -0.15) is 16.8 Å². The highest BCUT2D eigenvalue weighted by atomic mass is 79.9. The Hall–Kier alpha value is -2.23. The first-order chi connectivity index (χ1) is 13.5. The quantitative estimate of drug-likeness (QED) is 0.288. The molecule has 9 heteroatoms. The molecule has 0 spiro atoms. The summed E-state index contributed by atoms with van der Waals surface area (Å²) < 4.78 is 4.06. The van der Waals surface area contributed by atoms with Crippen molar-refractivity contribution in [3.8, 4) is 0 Å². The molecule has 0 fully saturated rings. The van der Waals surface area contributed by atoms with Gasteiger partial charge in [-0.3, -0.25) is 14.9 Å². The Bertz CT molecular complexity index is 1130. The summed E-state index contributed by atoms with van der Waals surface area (Å²) in [5, 5.41) is 10.9. The Morgan fingerprint density at radius 2 is 2.18 bits per heavy atom. The largest absolute Gasteiger partial charge is 0.316 e. The van der Waals surface area contributed by atoms with Crippen LogP contribution in [0.3, 0.4) is 0 Å². The molecule has 3 rings (SSSR count). The maximum Gasteiger partial charge on any atom is 0.272 e. The van der Waals surface area contributed by atoms with Crippen LogP contribution in [0, 0.1) is 10.1 Å². The predicted molar refractivity (Wildman–Crippen MR) is 119 cm³/mol. The number of aryl methyl sites for hydroxylation is 1. The van der Waals surface area contributed by atoms with Crippen molar-refractivity contribution < 1.29 is 9.72 Å². The minimum absolute atomic E-state index is 0.0171. The number of carbonyl (C=O) groups excluding carboxylic acids is 1. The van der Waals surface area contributed by atoms with Gasteiger partial charge in [0, 0.05) is 35.0 Å². The topological polar surface area (TPSA) is 77.5 Å². The molecule has 1 heterocycles. The average molecular weight is 478 g/mol. The molecule has 0 saturated carbocycles. The summed E-state index contributed by atoms with van der Waals surface area (Å²) >= 11 is 6.66. The number of carbonyl (C=O) groups is 1. The zero-order valence-electron chi connectivity index (χ0n) is 14.9. The van der Waals surface area contributed by atoms with Gasteiger partial charge >= 0.3 is 0 Å². The van der Waals surface area contributed by atoms with E-state index in [1.165, 1.54) is 35.6 Å². The zero-order chi connectivity index (χ0) is 20.1. The second-order valence-corrected chi connectivity index (χ2v) is 8.69. The number of benzene rings is 2. The van der Waals surface area contributed by atoms with Crippen LogP contribution in [0.4, 0.5) is 5.69 Å². The van der Waals surface area contributed by atoms with Crippen LogP contribution in [0.2, 0.25) is 0 Å². The van der Waals surface area contributed by atoms with Crippen molar-refractivity contribution in [3.63, 3.8) is 0 Å². The standard InChI is InChI=1S/C19H16BrN3O3S2/c1-27-10-9-22-16-7-6-14(20)12-17(16)28-19(22)21-18(24)8-5-13-3-2-4-15(11-13)23(25)26/h2-8,11-12H,9-10H2,1H3/b8-5+,21-19?. The van der Waals surface area contributed by atoms with E-state index in [1.807, 2.05) is 29.0 Å². The van der Waals surface area contributed by atoms with Crippen LogP contribution in [0.1, 0.15) is 5.56 Å². The van der Waals surface area contributed by atoms with E-state index >= 15 is 0 Å². The first-order valence-corrected chi connectivity index (χ1v) is 11.3. The second-order valence-electron chi connectivity index (χ2n) is 5.78. The van der Waals surface area contributed by atoms with Crippen molar-refractivity contribution in [2.45, 2.75) is 6.54 Å². The minimum Gasteiger partial charge on any atom is -0.316 e. The molecule has 144 valence electrons. The van der Waals surface area contributed by atoms with Crippen molar-refractivity contribution >= 4 is 66.9 Å². The third kappa shape index (κ3) is 4.98. The molecule has 0 atom stereocenters. The van der Waals surface area contributed by atoms with Gasteiger partial charge in [0.15, 0.2) is 4.80 Å². The van der Waals surface area contributed by atoms with Gasteiger partial charge in [-0.05, 0) is 36.1 Å². The molecule has 1 amide bonds. The van der Waals surface area contributed by atoms with Crippen molar-refractivity contribution in [1.82, 2.24) is 4.57 Å². The summed E-state index contributed by atoms with van der Waals surface area (Å²) in [4.78, 5) is 27.6. The number of hydrogen-bond acceptors (Lipinski definition) is 5. The van der Waals surface area contributed by atoms with Crippen molar-refractivity contribution in [2.24, 2.45) is 4.99 Å². The summed E-state index contributed by atoms with van der Waals surface area (Å²) in [5.74, 6) is 0.502. The molecule has 0 bridgehead atoms. The Morgan fingerprint density at radius 3 is 2.93 bits per heavy atom. The van der Waals surface area contributed by atoms with Crippen LogP contribution < -0.4 is 4.80 Å². The molecule has 0 aliphatic carbocycles. The highest BCUT2D eigenvalue weighted by Gasteiger charge is 2.08. The summed E-state index contributed by atoms with van der Waals surface area (Å²) in [5.41, 5.74) is 1.60. The lowest BCUT2D eigenvalue weighted by Crippen LogP contribution is -2.17. The average Bonchev–Trinajstić information content (AvgIpc) is 3.00. The Labute approximate surface area is 177 Å². The van der Waals surface area contributed by atoms with E-state index in [4.69, 9.17) is 0 Å². The van der Waals surface area contributed by atoms with E-state index in [0.29, 0.717) is 10.4 Å². The lowest BCUT2D eigenvalue weighted by atomic mass is 10.2. The monoisotopic (exact) mass is 477 g/mol. The number of hydrogen-bond donors (Lipinski definition) is 0. The zero-order valence-corrected chi connectivity index (χ0v) is 18.1. The number of thioether (sulfide) groups is 1. The van der Waals surface area contributed by atoms with Crippen LogP contribution in [0.15, 0.2) is 58.0 Å². The van der Waals surface area contributed by atoms with E-state index in [1.54, 1.807) is 23.9 Å². The van der Waals surface area contributed by atoms with Gasteiger partial charge in [0.05, 0.1) is 15.1 Å². The lowest BCUT2D eigenvalue weighted by Gasteiger charge is -2.03. The highest BCUT2D eigenvalue weighted by Crippen LogP contribution is 2.22. The number of nitro groups is 1. The van der Waals surface area contributed by atoms with E-state index in [2.05, 4.69) is 20.9 Å². The van der Waals surface area contributed by atoms with E-state index in [0.717, 1.165) is 27.0 Å². The number of nitro benzene ring substituents is 1. The van der Waals surface area contributed by atoms with Gasteiger partial charge in [-0.15, -0.1) is 0 Å². The Balaban J connectivity index is 1.93. The van der Waals surface area contributed by atoms with Crippen LogP contribution in [-0.2, 0) is 11.3 Å². The first-order valence-electron chi connectivity index (χ1n) is 8.27. The molecule has 0 radical (unpaired) electrons. The predicted octanol–water partition coefficient (Wildman–Crippen LogP) is 4.88. The first kappa shape index (κ1) is 20.5. The molecular formula is C19H16BrN3O3S2. The normalized spacial score (nSPS) is 12.1. The van der Waals surface area contributed by atoms with Gasteiger partial charge in [0.25, 0.3) is 11.6 Å². The van der Waals surface area contributed by atoms with Gasteiger partial charge in [0.1, 0.15) is 0 Å². The molecule has 28 heavy (non-hydrogen) atoms. The summed E-state index contributed by atoms with van der Waals surface area (Å²) in [6.45, 7) is 0.753. The van der Waals surface area contributed by atoms with E-state index in [9.17, 15) is 14.9 Å². The fourth-order valence-electron chi connectivity index (χ4n) is 2.57. The van der Waals surface area contributed by atoms with Crippen LogP contribution in [-0.4, -0.2) is 27.4 Å². The molecule has 0 unspecified atom stereocenters. The van der Waals surface area contributed by atoms with Crippen LogP contribution in [0.25, 0.3) is 16.3 Å². The molecule has 0 aliphatic rings. The Morgan fingerprint density at radius 1 is 1.36 bits per heavy atom. The summed E-state index contributed by atoms with van der Waals surface area (Å²) in [7, 11) is 0. The van der Waals surface area contributed by atoms with Crippen molar-refractivity contribution in [1.29, 1.82) is 0 Å². The van der Waals surface area contributed by atoms with Crippen molar-refractivity contribution in [2.75, 3.05) is 12.0 Å². The fourth-order valence-corrected chi connectivity index (χ4v) is 4.55. The Kier molecular flexibility index (Phi) is 6.82. The number of amides is 1. The molecule has 2 aromatic carbocycles. The highest BCUT2D eigenvalue weighted by molar-refractivity contribution is 9.10. The number of fused-ring (bicyclic) bond motifs is 1. The number of nitrogens with zero attached hydrogens (tertiary/aromatic N) is 3. The molecular weight excluding hydrogens is 462 g/mol. The molecule has 0 saturated heterocycles. The van der Waals surface area contributed by atoms with Crippen LogP contribution in [0.5, 0.6) is 0 Å². The number of aromatic nitrogens is 1. The molecule has 6 nitrogen and oxygen atoms in total. The van der Waals surface area contributed by atoms with Crippen molar-refractivity contribution in [3.05, 3.63) is 73.5 Å². The number of rotatable bonds is 6.